The minimum absolute atomic E-state index is 0.0710. The summed E-state index contributed by atoms with van der Waals surface area (Å²) >= 11 is 7.46. The molecule has 1 amide bonds. The van der Waals surface area contributed by atoms with Crippen molar-refractivity contribution in [2.45, 2.75) is 0 Å². The first-order valence-electron chi connectivity index (χ1n) is 5.76. The lowest BCUT2D eigenvalue weighted by molar-refractivity contribution is -0.115. The molecule has 1 aromatic heterocycles. The Morgan fingerprint density at radius 1 is 1.16 bits per heavy atom. The largest absolute Gasteiger partial charge is 0.321 e. The van der Waals surface area contributed by atoms with Crippen LogP contribution in [0.25, 0.3) is 11.8 Å². The van der Waals surface area contributed by atoms with Gasteiger partial charge in [-0.05, 0) is 41.3 Å². The van der Waals surface area contributed by atoms with Gasteiger partial charge in [0.05, 0.1) is 0 Å². The number of amides is 1. The quantitative estimate of drug-likeness (QED) is 0.833. The highest BCUT2D eigenvalue weighted by Crippen LogP contribution is 2.24. The monoisotopic (exact) mass is 287 g/mol. The Labute approximate surface area is 120 Å². The van der Waals surface area contributed by atoms with E-state index in [1.165, 1.54) is 0 Å². The van der Waals surface area contributed by atoms with Gasteiger partial charge in [-0.25, -0.2) is 0 Å². The molecule has 0 saturated carbocycles. The number of thiophene rings is 1. The van der Waals surface area contributed by atoms with Crippen LogP contribution in [0, 0.1) is 0 Å². The van der Waals surface area contributed by atoms with Crippen LogP contribution in [0.5, 0.6) is 0 Å². The third-order valence-electron chi connectivity index (χ3n) is 2.81. The Hall–Kier alpha value is -1.84. The number of hydrogen-bond donors (Lipinski definition) is 1. The number of benzene rings is 1. The van der Waals surface area contributed by atoms with Crippen LogP contribution in [-0.4, -0.2) is 5.91 Å². The summed E-state index contributed by atoms with van der Waals surface area (Å²) in [6.45, 7) is 0. The molecule has 0 radical (unpaired) electrons. The van der Waals surface area contributed by atoms with Crippen LogP contribution in [0.4, 0.5) is 0 Å². The van der Waals surface area contributed by atoms with Crippen molar-refractivity contribution >= 4 is 40.6 Å². The predicted octanol–water partition coefficient (Wildman–Crippen LogP) is 3.96. The molecular weight excluding hydrogens is 278 g/mol. The average Bonchev–Trinajstić information content (AvgIpc) is 3.02. The Bertz CT molecular complexity index is 669. The second-order valence-corrected chi connectivity index (χ2v) is 5.55. The van der Waals surface area contributed by atoms with Crippen LogP contribution >= 0.6 is 22.9 Å². The van der Waals surface area contributed by atoms with Gasteiger partial charge in [0.2, 0.25) is 0 Å². The molecule has 2 heterocycles. The van der Waals surface area contributed by atoms with Crippen LogP contribution in [0.3, 0.4) is 0 Å². The molecule has 0 fully saturated rings. The number of hydrogen-bond acceptors (Lipinski definition) is 2. The number of carbonyl (C=O) groups is 1. The van der Waals surface area contributed by atoms with Crippen molar-refractivity contribution in [2.75, 3.05) is 0 Å². The van der Waals surface area contributed by atoms with Crippen LogP contribution in [-0.2, 0) is 4.79 Å². The van der Waals surface area contributed by atoms with Gasteiger partial charge in [-0.1, -0.05) is 29.8 Å². The predicted molar refractivity (Wildman–Crippen MR) is 79.9 cm³/mol. The molecule has 2 nitrogen and oxygen atoms in total. The lowest BCUT2D eigenvalue weighted by atomic mass is 10.1. The Kier molecular flexibility index (Phi) is 3.23. The summed E-state index contributed by atoms with van der Waals surface area (Å²) in [5.74, 6) is -0.0710. The van der Waals surface area contributed by atoms with E-state index in [0.29, 0.717) is 10.6 Å². The second-order valence-electron chi connectivity index (χ2n) is 4.13. The Morgan fingerprint density at radius 2 is 1.95 bits per heavy atom. The maximum Gasteiger partial charge on any atom is 0.255 e. The van der Waals surface area contributed by atoms with E-state index in [0.717, 1.165) is 16.1 Å². The smallest absolute Gasteiger partial charge is 0.255 e. The summed E-state index contributed by atoms with van der Waals surface area (Å²) in [5.41, 5.74) is 2.43. The first-order valence-corrected chi connectivity index (χ1v) is 7.02. The highest BCUT2D eigenvalue weighted by Gasteiger charge is 2.18. The van der Waals surface area contributed by atoms with E-state index in [9.17, 15) is 4.79 Å². The minimum Gasteiger partial charge on any atom is -0.321 e. The van der Waals surface area contributed by atoms with Gasteiger partial charge in [0.25, 0.3) is 5.91 Å². The SMILES string of the molecule is O=C1NC(c2ccc(Cl)cc2)=CC1=Cc1cccs1. The zero-order chi connectivity index (χ0) is 13.2. The lowest BCUT2D eigenvalue weighted by Gasteiger charge is -2.02. The maximum atomic E-state index is 11.9. The summed E-state index contributed by atoms with van der Waals surface area (Å²) < 4.78 is 0. The molecule has 0 saturated heterocycles. The van der Waals surface area contributed by atoms with E-state index in [1.807, 2.05) is 53.9 Å². The van der Waals surface area contributed by atoms with Gasteiger partial charge in [-0.2, -0.15) is 0 Å². The van der Waals surface area contributed by atoms with Crippen molar-refractivity contribution in [1.82, 2.24) is 5.32 Å². The summed E-state index contributed by atoms with van der Waals surface area (Å²) in [6, 6.07) is 11.4. The summed E-state index contributed by atoms with van der Waals surface area (Å²) in [5, 5.41) is 5.54. The van der Waals surface area contributed by atoms with Crippen molar-refractivity contribution in [1.29, 1.82) is 0 Å². The molecule has 1 aliphatic heterocycles. The average molecular weight is 288 g/mol. The maximum absolute atomic E-state index is 11.9. The molecule has 0 atom stereocenters. The van der Waals surface area contributed by atoms with Gasteiger partial charge in [0.15, 0.2) is 0 Å². The molecule has 0 unspecified atom stereocenters. The van der Waals surface area contributed by atoms with Crippen LogP contribution < -0.4 is 5.32 Å². The fourth-order valence-corrected chi connectivity index (χ4v) is 2.66. The molecule has 4 heteroatoms. The second kappa shape index (κ2) is 5.03. The molecule has 1 aromatic carbocycles. The first-order chi connectivity index (χ1) is 9.22. The van der Waals surface area contributed by atoms with Crippen LogP contribution in [0.15, 0.2) is 53.4 Å². The topological polar surface area (TPSA) is 29.1 Å². The molecule has 94 valence electrons. The molecular formula is C15H10ClNOS. The zero-order valence-corrected chi connectivity index (χ0v) is 11.5. The standard InChI is InChI=1S/C15H10ClNOS/c16-12-5-3-10(4-6-12)14-9-11(15(18)17-14)8-13-2-1-7-19-13/h1-9H,(H,17,18). The summed E-state index contributed by atoms with van der Waals surface area (Å²) in [4.78, 5) is 13.0. The van der Waals surface area contributed by atoms with Gasteiger partial charge in [-0.15, -0.1) is 11.3 Å². The fraction of sp³-hybridized carbons (Fsp3) is 0. The zero-order valence-electron chi connectivity index (χ0n) is 9.89. The fourth-order valence-electron chi connectivity index (χ4n) is 1.87. The molecule has 2 aromatic rings. The molecule has 19 heavy (non-hydrogen) atoms. The van der Waals surface area contributed by atoms with E-state index in [4.69, 9.17) is 11.6 Å². The van der Waals surface area contributed by atoms with Crippen molar-refractivity contribution in [3.05, 3.63) is 68.9 Å². The third kappa shape index (κ3) is 2.62. The van der Waals surface area contributed by atoms with Gasteiger partial charge in [0, 0.05) is 21.2 Å². The minimum atomic E-state index is -0.0710. The highest BCUT2D eigenvalue weighted by molar-refractivity contribution is 7.10. The van der Waals surface area contributed by atoms with E-state index < -0.39 is 0 Å². The lowest BCUT2D eigenvalue weighted by Crippen LogP contribution is -2.15. The molecule has 0 spiro atoms. The van der Waals surface area contributed by atoms with Crippen molar-refractivity contribution in [3.8, 4) is 0 Å². The highest BCUT2D eigenvalue weighted by atomic mass is 35.5. The van der Waals surface area contributed by atoms with Gasteiger partial charge < -0.3 is 5.32 Å². The number of rotatable bonds is 2. The normalized spacial score (nSPS) is 16.6. The molecule has 1 aliphatic rings. The molecule has 0 aliphatic carbocycles. The van der Waals surface area contributed by atoms with Crippen LogP contribution in [0.2, 0.25) is 5.02 Å². The van der Waals surface area contributed by atoms with E-state index in [-0.39, 0.29) is 5.91 Å². The van der Waals surface area contributed by atoms with E-state index >= 15 is 0 Å². The molecule has 0 bridgehead atoms. The number of halogens is 1. The van der Waals surface area contributed by atoms with E-state index in [1.54, 1.807) is 11.3 Å². The van der Waals surface area contributed by atoms with Gasteiger partial charge in [-0.3, -0.25) is 4.79 Å². The summed E-state index contributed by atoms with van der Waals surface area (Å²) in [7, 11) is 0. The van der Waals surface area contributed by atoms with Crippen molar-refractivity contribution in [2.24, 2.45) is 0 Å². The van der Waals surface area contributed by atoms with Gasteiger partial charge in [0.1, 0.15) is 0 Å². The molecule has 3 rings (SSSR count). The van der Waals surface area contributed by atoms with E-state index in [2.05, 4.69) is 5.32 Å². The Balaban J connectivity index is 1.93. The van der Waals surface area contributed by atoms with Crippen molar-refractivity contribution in [3.63, 3.8) is 0 Å². The Morgan fingerprint density at radius 3 is 2.63 bits per heavy atom. The third-order valence-corrected chi connectivity index (χ3v) is 3.88. The number of nitrogens with one attached hydrogen (secondary N) is 1. The van der Waals surface area contributed by atoms with Crippen molar-refractivity contribution < 1.29 is 4.79 Å². The van der Waals surface area contributed by atoms with Crippen LogP contribution in [0.1, 0.15) is 10.4 Å². The molecule has 1 N–H and O–H groups in total. The first kappa shape index (κ1) is 12.2. The summed E-state index contributed by atoms with van der Waals surface area (Å²) in [6.07, 6.45) is 3.76. The number of carbonyl (C=O) groups excluding carboxylic acids is 1. The van der Waals surface area contributed by atoms with Gasteiger partial charge >= 0.3 is 0 Å².